The van der Waals surface area contributed by atoms with Gasteiger partial charge in [-0.2, -0.15) is 0 Å². The summed E-state index contributed by atoms with van der Waals surface area (Å²) < 4.78 is 0. The topological polar surface area (TPSA) is 26.7 Å². The first-order valence-corrected chi connectivity index (χ1v) is 7.27. The van der Waals surface area contributed by atoms with Gasteiger partial charge in [0.25, 0.3) is 0 Å². The highest BCUT2D eigenvalue weighted by molar-refractivity contribution is 5.46. The fourth-order valence-corrected chi connectivity index (χ4v) is 2.82. The average Bonchev–Trinajstić information content (AvgIpc) is 2.42. The van der Waals surface area contributed by atoms with E-state index in [-0.39, 0.29) is 6.10 Å². The molecule has 1 N–H and O–H groups in total. The van der Waals surface area contributed by atoms with Crippen LogP contribution in [0.25, 0.3) is 0 Å². The predicted octanol–water partition coefficient (Wildman–Crippen LogP) is 2.00. The highest BCUT2D eigenvalue weighted by Crippen LogP contribution is 2.22. The molecule has 0 radical (unpaired) electrons. The number of aliphatic hydroxyl groups is 1. The van der Waals surface area contributed by atoms with Crippen LogP contribution < -0.4 is 4.90 Å². The Morgan fingerprint density at radius 3 is 2.53 bits per heavy atom. The van der Waals surface area contributed by atoms with E-state index >= 15 is 0 Å². The Bertz CT molecular complexity index is 388. The van der Waals surface area contributed by atoms with Crippen molar-refractivity contribution in [2.75, 3.05) is 38.6 Å². The smallest absolute Gasteiger partial charge is 0.0596 e. The second-order valence-electron chi connectivity index (χ2n) is 5.77. The van der Waals surface area contributed by atoms with Crippen LogP contribution in [0.5, 0.6) is 0 Å². The summed E-state index contributed by atoms with van der Waals surface area (Å²) in [5, 5.41) is 10.2. The Balaban J connectivity index is 1.99. The third-order valence-electron chi connectivity index (χ3n) is 4.18. The molecule has 2 rings (SSSR count). The number of benzene rings is 1. The molecule has 2 unspecified atom stereocenters. The number of nitrogens with zero attached hydrogens (tertiary/aromatic N) is 2. The lowest BCUT2D eigenvalue weighted by molar-refractivity contribution is 0.0290. The fraction of sp³-hybridized carbons (Fsp3) is 0.625. The molecule has 2 atom stereocenters. The van der Waals surface area contributed by atoms with Gasteiger partial charge in [-0.1, -0.05) is 19.1 Å². The molecule has 1 heterocycles. The van der Waals surface area contributed by atoms with Crippen LogP contribution in [0.4, 0.5) is 5.69 Å². The Labute approximate surface area is 116 Å². The molecular formula is C16H26N2O. The van der Waals surface area contributed by atoms with Gasteiger partial charge >= 0.3 is 0 Å². The third-order valence-corrected chi connectivity index (χ3v) is 4.18. The molecule has 1 aliphatic heterocycles. The van der Waals surface area contributed by atoms with Gasteiger partial charge in [-0.05, 0) is 37.1 Å². The molecule has 1 fully saturated rings. The lowest BCUT2D eigenvalue weighted by Gasteiger charge is -2.35. The highest BCUT2D eigenvalue weighted by atomic mass is 16.3. The maximum atomic E-state index is 10.2. The summed E-state index contributed by atoms with van der Waals surface area (Å²) in [4.78, 5) is 4.55. The lowest BCUT2D eigenvalue weighted by atomic mass is 9.88. The summed E-state index contributed by atoms with van der Waals surface area (Å²) in [6, 6.07) is 8.68. The van der Waals surface area contributed by atoms with Crippen molar-refractivity contribution in [2.45, 2.75) is 25.9 Å². The van der Waals surface area contributed by atoms with Crippen molar-refractivity contribution < 1.29 is 5.11 Å². The van der Waals surface area contributed by atoms with Crippen LogP contribution in [0.3, 0.4) is 0 Å². The minimum atomic E-state index is -0.142. The number of likely N-dealkylation sites (tertiary alicyclic amines) is 1. The molecule has 0 saturated carbocycles. The van der Waals surface area contributed by atoms with E-state index in [1.165, 1.54) is 11.3 Å². The van der Waals surface area contributed by atoms with Gasteiger partial charge in [0, 0.05) is 38.8 Å². The van der Waals surface area contributed by atoms with Gasteiger partial charge in [0.15, 0.2) is 0 Å². The fourth-order valence-electron chi connectivity index (χ4n) is 2.82. The standard InChI is InChI=1S/C16H26N2O/c1-4-18-10-9-16(19)14(12-18)11-13-5-7-15(8-6-13)17(2)3/h5-8,14,16,19H,4,9-12H2,1-3H3. The summed E-state index contributed by atoms with van der Waals surface area (Å²) in [6.45, 7) is 5.34. The van der Waals surface area contributed by atoms with E-state index in [9.17, 15) is 5.11 Å². The van der Waals surface area contributed by atoms with Gasteiger partial charge in [-0.25, -0.2) is 0 Å². The van der Waals surface area contributed by atoms with Gasteiger partial charge in [0.05, 0.1) is 6.10 Å². The van der Waals surface area contributed by atoms with Crippen molar-refractivity contribution in [3.63, 3.8) is 0 Å². The highest BCUT2D eigenvalue weighted by Gasteiger charge is 2.26. The molecule has 0 aliphatic carbocycles. The normalized spacial score (nSPS) is 24.4. The number of hydrogen-bond donors (Lipinski definition) is 1. The zero-order valence-corrected chi connectivity index (χ0v) is 12.3. The summed E-state index contributed by atoms with van der Waals surface area (Å²) in [6.07, 6.45) is 1.75. The lowest BCUT2D eigenvalue weighted by Crippen LogP contribution is -2.43. The van der Waals surface area contributed by atoms with Gasteiger partial charge in [0.2, 0.25) is 0 Å². The van der Waals surface area contributed by atoms with E-state index in [1.54, 1.807) is 0 Å². The zero-order valence-electron chi connectivity index (χ0n) is 12.3. The van der Waals surface area contributed by atoms with Gasteiger partial charge in [-0.15, -0.1) is 0 Å². The number of rotatable bonds is 4. The van der Waals surface area contributed by atoms with Crippen LogP contribution in [-0.4, -0.2) is 49.8 Å². The molecule has 1 aromatic carbocycles. The Kier molecular flexibility index (Phi) is 4.83. The first kappa shape index (κ1) is 14.4. The quantitative estimate of drug-likeness (QED) is 0.899. The van der Waals surface area contributed by atoms with E-state index in [0.29, 0.717) is 5.92 Å². The maximum absolute atomic E-state index is 10.2. The Morgan fingerprint density at radius 1 is 1.26 bits per heavy atom. The van der Waals surface area contributed by atoms with Gasteiger partial charge in [0.1, 0.15) is 0 Å². The van der Waals surface area contributed by atoms with Gasteiger partial charge < -0.3 is 14.9 Å². The van der Waals surface area contributed by atoms with E-state index < -0.39 is 0 Å². The van der Waals surface area contributed by atoms with Crippen LogP contribution in [-0.2, 0) is 6.42 Å². The monoisotopic (exact) mass is 262 g/mol. The minimum Gasteiger partial charge on any atom is -0.393 e. The Morgan fingerprint density at radius 2 is 1.95 bits per heavy atom. The van der Waals surface area contributed by atoms with E-state index in [2.05, 4.69) is 55.1 Å². The molecule has 0 bridgehead atoms. The van der Waals surface area contributed by atoms with Crippen LogP contribution in [0.2, 0.25) is 0 Å². The molecule has 106 valence electrons. The first-order chi connectivity index (χ1) is 9.10. The van der Waals surface area contributed by atoms with Crippen molar-refractivity contribution in [1.29, 1.82) is 0 Å². The number of anilines is 1. The number of piperidine rings is 1. The van der Waals surface area contributed by atoms with Crippen molar-refractivity contribution in [3.05, 3.63) is 29.8 Å². The Hall–Kier alpha value is -1.06. The maximum Gasteiger partial charge on any atom is 0.0596 e. The van der Waals surface area contributed by atoms with E-state index in [1.807, 2.05) is 0 Å². The van der Waals surface area contributed by atoms with Crippen molar-refractivity contribution >= 4 is 5.69 Å². The van der Waals surface area contributed by atoms with E-state index in [0.717, 1.165) is 32.5 Å². The van der Waals surface area contributed by atoms with Crippen LogP contribution in [0.1, 0.15) is 18.9 Å². The summed E-state index contributed by atoms with van der Waals surface area (Å²) >= 11 is 0. The number of hydrogen-bond acceptors (Lipinski definition) is 3. The molecule has 3 heteroatoms. The third kappa shape index (κ3) is 3.71. The second-order valence-corrected chi connectivity index (χ2v) is 5.77. The molecular weight excluding hydrogens is 236 g/mol. The zero-order chi connectivity index (χ0) is 13.8. The molecule has 19 heavy (non-hydrogen) atoms. The summed E-state index contributed by atoms with van der Waals surface area (Å²) in [7, 11) is 4.11. The molecule has 0 aromatic heterocycles. The molecule has 1 aromatic rings. The molecule has 1 saturated heterocycles. The molecule has 0 amide bonds. The molecule has 3 nitrogen and oxygen atoms in total. The largest absolute Gasteiger partial charge is 0.393 e. The molecule has 1 aliphatic rings. The second kappa shape index (κ2) is 6.40. The van der Waals surface area contributed by atoms with Crippen LogP contribution in [0.15, 0.2) is 24.3 Å². The average molecular weight is 262 g/mol. The van der Waals surface area contributed by atoms with E-state index in [4.69, 9.17) is 0 Å². The van der Waals surface area contributed by atoms with Gasteiger partial charge in [-0.3, -0.25) is 0 Å². The minimum absolute atomic E-state index is 0.142. The van der Waals surface area contributed by atoms with Crippen molar-refractivity contribution in [3.8, 4) is 0 Å². The van der Waals surface area contributed by atoms with Crippen molar-refractivity contribution in [1.82, 2.24) is 4.90 Å². The first-order valence-electron chi connectivity index (χ1n) is 7.27. The molecule has 0 spiro atoms. The summed E-state index contributed by atoms with van der Waals surface area (Å²) in [5.41, 5.74) is 2.55. The SMILES string of the molecule is CCN1CCC(O)C(Cc2ccc(N(C)C)cc2)C1. The van der Waals surface area contributed by atoms with Crippen LogP contribution in [0, 0.1) is 5.92 Å². The predicted molar refractivity (Wildman–Crippen MR) is 80.7 cm³/mol. The number of aliphatic hydroxyl groups excluding tert-OH is 1. The van der Waals surface area contributed by atoms with Crippen molar-refractivity contribution in [2.24, 2.45) is 5.92 Å². The van der Waals surface area contributed by atoms with Crippen LogP contribution >= 0.6 is 0 Å². The summed E-state index contributed by atoms with van der Waals surface area (Å²) in [5.74, 6) is 0.374.